The van der Waals surface area contributed by atoms with E-state index >= 15 is 0 Å². The van der Waals surface area contributed by atoms with Gasteiger partial charge in [0.05, 0.1) is 7.11 Å². The molecule has 0 radical (unpaired) electrons. The van der Waals surface area contributed by atoms with E-state index in [0.29, 0.717) is 31.9 Å². The maximum absolute atomic E-state index is 13.6. The number of methoxy groups -OCH3 is 1. The van der Waals surface area contributed by atoms with E-state index in [4.69, 9.17) is 9.47 Å². The molecule has 0 aliphatic heterocycles. The summed E-state index contributed by atoms with van der Waals surface area (Å²) < 4.78 is 25.1. The minimum Gasteiger partial charge on any atom is -0.493 e. The van der Waals surface area contributed by atoms with Crippen molar-refractivity contribution < 1.29 is 13.9 Å². The molecule has 0 heterocycles. The number of aryl methyl sites for hydroxylation is 1. The Morgan fingerprint density at radius 2 is 1.75 bits per heavy atom. The van der Waals surface area contributed by atoms with Gasteiger partial charge < -0.3 is 14.8 Å². The van der Waals surface area contributed by atoms with Crippen LogP contribution in [0.1, 0.15) is 22.3 Å². The van der Waals surface area contributed by atoms with Crippen LogP contribution in [0.3, 0.4) is 0 Å². The average Bonchev–Trinajstić information content (AvgIpc) is 2.71. The number of halogens is 1. The lowest BCUT2D eigenvalue weighted by Crippen LogP contribution is -2.17. The third kappa shape index (κ3) is 5.57. The Morgan fingerprint density at radius 1 is 0.893 bits per heavy atom. The summed E-state index contributed by atoms with van der Waals surface area (Å²) in [6, 6.07) is 21.1. The third-order valence-electron chi connectivity index (χ3n) is 4.56. The highest BCUT2D eigenvalue weighted by Gasteiger charge is 2.07. The zero-order valence-corrected chi connectivity index (χ0v) is 16.4. The summed E-state index contributed by atoms with van der Waals surface area (Å²) in [5.74, 6) is 1.28. The number of hydrogen-bond acceptors (Lipinski definition) is 3. The summed E-state index contributed by atoms with van der Waals surface area (Å²) in [5, 5.41) is 3.35. The van der Waals surface area contributed by atoms with Crippen LogP contribution in [-0.4, -0.2) is 13.7 Å². The Hall–Kier alpha value is -2.85. The van der Waals surface area contributed by atoms with Crippen LogP contribution >= 0.6 is 0 Å². The highest BCUT2D eigenvalue weighted by molar-refractivity contribution is 5.43. The first kappa shape index (κ1) is 19.9. The van der Waals surface area contributed by atoms with Crippen LogP contribution in [0, 0.1) is 12.7 Å². The van der Waals surface area contributed by atoms with Crippen molar-refractivity contribution in [3.63, 3.8) is 0 Å². The molecule has 3 nitrogen and oxygen atoms in total. The number of rotatable bonds is 9. The topological polar surface area (TPSA) is 30.5 Å². The minimum absolute atomic E-state index is 0.152. The molecule has 0 amide bonds. The molecule has 0 saturated carbocycles. The Balaban J connectivity index is 1.53. The van der Waals surface area contributed by atoms with E-state index < -0.39 is 0 Å². The van der Waals surface area contributed by atoms with Gasteiger partial charge in [0, 0.05) is 6.54 Å². The normalized spacial score (nSPS) is 10.7. The summed E-state index contributed by atoms with van der Waals surface area (Å²) in [4.78, 5) is 0. The molecule has 0 aliphatic carbocycles. The molecule has 0 unspecified atom stereocenters. The quantitative estimate of drug-likeness (QED) is 0.528. The van der Waals surface area contributed by atoms with Crippen molar-refractivity contribution in [1.29, 1.82) is 0 Å². The van der Waals surface area contributed by atoms with Crippen molar-refractivity contribution in [2.24, 2.45) is 0 Å². The summed E-state index contributed by atoms with van der Waals surface area (Å²) in [6.45, 7) is 3.95. The highest BCUT2D eigenvalue weighted by atomic mass is 19.1. The second-order valence-electron chi connectivity index (χ2n) is 6.78. The number of benzene rings is 3. The lowest BCUT2D eigenvalue weighted by Gasteiger charge is -2.13. The van der Waals surface area contributed by atoms with Crippen LogP contribution in [0.15, 0.2) is 66.7 Å². The summed E-state index contributed by atoms with van der Waals surface area (Å²) in [6.07, 6.45) is 0.654. The van der Waals surface area contributed by atoms with E-state index in [1.54, 1.807) is 13.2 Å². The van der Waals surface area contributed by atoms with Gasteiger partial charge in [-0.1, -0.05) is 54.1 Å². The van der Waals surface area contributed by atoms with Gasteiger partial charge in [0.2, 0.25) is 0 Å². The first-order valence-electron chi connectivity index (χ1n) is 9.45. The summed E-state index contributed by atoms with van der Waals surface area (Å²) >= 11 is 0. The molecule has 0 fully saturated rings. The fourth-order valence-corrected chi connectivity index (χ4v) is 3.06. The Bertz CT molecular complexity index is 911. The van der Waals surface area contributed by atoms with Gasteiger partial charge in [0.15, 0.2) is 11.5 Å². The molecule has 0 aromatic heterocycles. The number of ether oxygens (including phenoxy) is 2. The Kier molecular flexibility index (Phi) is 7.04. The maximum atomic E-state index is 13.6. The second-order valence-corrected chi connectivity index (χ2v) is 6.78. The lowest BCUT2D eigenvalue weighted by atomic mass is 10.1. The third-order valence-corrected chi connectivity index (χ3v) is 4.56. The van der Waals surface area contributed by atoms with E-state index in [2.05, 4.69) is 24.4 Å². The SMILES string of the molecule is COc1cc(CNCCc2ccccc2F)ccc1OCc1cccc(C)c1. The van der Waals surface area contributed by atoms with Crippen molar-refractivity contribution in [3.05, 3.63) is 94.8 Å². The molecule has 3 aromatic carbocycles. The van der Waals surface area contributed by atoms with E-state index in [-0.39, 0.29) is 5.82 Å². The predicted molar refractivity (Wildman–Crippen MR) is 110 cm³/mol. The molecular weight excluding hydrogens is 353 g/mol. The Morgan fingerprint density at radius 3 is 2.54 bits per heavy atom. The molecule has 3 rings (SSSR count). The van der Waals surface area contributed by atoms with Gasteiger partial charge >= 0.3 is 0 Å². The minimum atomic E-state index is -0.152. The van der Waals surface area contributed by atoms with Crippen molar-refractivity contribution in [1.82, 2.24) is 5.32 Å². The smallest absolute Gasteiger partial charge is 0.161 e. The summed E-state index contributed by atoms with van der Waals surface area (Å²) in [7, 11) is 1.64. The van der Waals surface area contributed by atoms with Crippen molar-refractivity contribution in [2.45, 2.75) is 26.5 Å². The monoisotopic (exact) mass is 379 g/mol. The van der Waals surface area contributed by atoms with Crippen LogP contribution in [0.5, 0.6) is 11.5 Å². The van der Waals surface area contributed by atoms with Gasteiger partial charge in [-0.2, -0.15) is 0 Å². The van der Waals surface area contributed by atoms with Crippen molar-refractivity contribution >= 4 is 0 Å². The highest BCUT2D eigenvalue weighted by Crippen LogP contribution is 2.29. The zero-order valence-electron chi connectivity index (χ0n) is 16.4. The van der Waals surface area contributed by atoms with Gasteiger partial charge in [-0.05, 0) is 54.8 Å². The number of hydrogen-bond donors (Lipinski definition) is 1. The molecule has 0 atom stereocenters. The van der Waals surface area contributed by atoms with Crippen LogP contribution in [0.2, 0.25) is 0 Å². The molecule has 146 valence electrons. The van der Waals surface area contributed by atoms with Crippen molar-refractivity contribution in [3.8, 4) is 11.5 Å². The predicted octanol–water partition coefficient (Wildman–Crippen LogP) is 5.05. The molecule has 4 heteroatoms. The lowest BCUT2D eigenvalue weighted by molar-refractivity contribution is 0.284. The van der Waals surface area contributed by atoms with Crippen molar-refractivity contribution in [2.75, 3.05) is 13.7 Å². The molecule has 1 N–H and O–H groups in total. The van der Waals surface area contributed by atoms with Gasteiger partial charge in [-0.3, -0.25) is 0 Å². The standard InChI is InChI=1S/C24H26FNO2/c1-18-6-5-7-20(14-18)17-28-23-11-10-19(15-24(23)27-2)16-26-13-12-21-8-3-4-9-22(21)25/h3-11,14-15,26H,12-13,16-17H2,1-2H3. The van der Waals surface area contributed by atoms with E-state index in [9.17, 15) is 4.39 Å². The summed E-state index contributed by atoms with van der Waals surface area (Å²) in [5.41, 5.74) is 4.16. The first-order valence-corrected chi connectivity index (χ1v) is 9.45. The fraction of sp³-hybridized carbons (Fsp3) is 0.250. The average molecular weight is 379 g/mol. The number of nitrogens with one attached hydrogen (secondary N) is 1. The Labute approximate surface area is 166 Å². The first-order chi connectivity index (χ1) is 13.7. The molecular formula is C24H26FNO2. The van der Waals surface area contributed by atoms with Gasteiger partial charge in [-0.25, -0.2) is 4.39 Å². The van der Waals surface area contributed by atoms with Crippen LogP contribution in [0.25, 0.3) is 0 Å². The largest absolute Gasteiger partial charge is 0.493 e. The van der Waals surface area contributed by atoms with Gasteiger partial charge in [0.25, 0.3) is 0 Å². The van der Waals surface area contributed by atoms with E-state index in [0.717, 1.165) is 22.4 Å². The van der Waals surface area contributed by atoms with Gasteiger partial charge in [0.1, 0.15) is 12.4 Å². The van der Waals surface area contributed by atoms with Crippen LogP contribution in [-0.2, 0) is 19.6 Å². The molecule has 28 heavy (non-hydrogen) atoms. The molecule has 0 bridgehead atoms. The van der Waals surface area contributed by atoms with Gasteiger partial charge in [-0.15, -0.1) is 0 Å². The second kappa shape index (κ2) is 9.90. The molecule has 3 aromatic rings. The van der Waals surface area contributed by atoms with E-state index in [1.165, 1.54) is 11.6 Å². The van der Waals surface area contributed by atoms with Crippen LogP contribution in [0.4, 0.5) is 4.39 Å². The maximum Gasteiger partial charge on any atom is 0.161 e. The van der Waals surface area contributed by atoms with E-state index in [1.807, 2.05) is 42.5 Å². The fourth-order valence-electron chi connectivity index (χ4n) is 3.06. The molecule has 0 saturated heterocycles. The zero-order chi connectivity index (χ0) is 19.8. The van der Waals surface area contributed by atoms with Crippen LogP contribution < -0.4 is 14.8 Å². The molecule has 0 spiro atoms. The molecule has 0 aliphatic rings.